The van der Waals surface area contributed by atoms with Crippen LogP contribution in [-0.4, -0.2) is 102 Å². The first-order valence-electron chi connectivity index (χ1n) is 22.7. The number of quaternary nitrogens is 1. The number of carbonyl (C=O) groups excluding carboxylic acids is 2. The summed E-state index contributed by atoms with van der Waals surface area (Å²) in [5.74, 6) is 1.58. The molecule has 0 spiro atoms. The summed E-state index contributed by atoms with van der Waals surface area (Å²) in [5, 5.41) is 28.2. The van der Waals surface area contributed by atoms with Crippen molar-refractivity contribution in [2.45, 2.75) is 83.5 Å². The van der Waals surface area contributed by atoms with Crippen molar-refractivity contribution in [3.8, 4) is 33.6 Å². The number of ether oxygens (including phenoxy) is 1. The minimum Gasteiger partial charge on any atom is -0.494 e. The molecule has 0 aliphatic carbocycles. The molecule has 3 N–H and O–H groups in total. The van der Waals surface area contributed by atoms with Crippen LogP contribution in [-0.2, 0) is 9.53 Å². The van der Waals surface area contributed by atoms with Gasteiger partial charge in [-0.1, -0.05) is 97.5 Å². The lowest BCUT2D eigenvalue weighted by Crippen LogP contribution is -2.70. The van der Waals surface area contributed by atoms with E-state index in [2.05, 4.69) is 102 Å². The standard InChI is InChI=1S/C50H58N8O5/c1-4-55(5-2)46(37-11-7-6-8-12-37)49(59)56-25-9-13-44(56)47-51-31-42(53-47)36-17-15-35(16-18-36)38-19-20-40-30-41(22-21-39(40)29-38)43-32-52-48(54-43)45-14-10-26-57(45)58(62,50(60)61)33(3)34-23-27-63-28-24-34/h6-8,11-12,15-22,29-34,44-46,62H,4-5,9-10,13-14,23-28H2,1-3H3,(H2-,51,52,53,54,60,61). The fourth-order valence-corrected chi connectivity index (χ4v) is 10.3. The Morgan fingerprint density at radius 3 is 2.02 bits per heavy atom. The molecule has 2 aromatic heterocycles. The van der Waals surface area contributed by atoms with E-state index in [0.29, 0.717) is 51.4 Å². The smallest absolute Gasteiger partial charge is 0.313 e. The molecule has 328 valence electrons. The zero-order valence-electron chi connectivity index (χ0n) is 36.5. The van der Waals surface area contributed by atoms with E-state index in [-0.39, 0.29) is 23.9 Å². The molecule has 63 heavy (non-hydrogen) atoms. The molecule has 0 bridgehead atoms. The summed E-state index contributed by atoms with van der Waals surface area (Å²) >= 11 is 0. The number of amides is 2. The van der Waals surface area contributed by atoms with Crippen LogP contribution >= 0.6 is 0 Å². The highest BCUT2D eigenvalue weighted by Gasteiger charge is 2.52. The van der Waals surface area contributed by atoms with Crippen molar-refractivity contribution in [2.75, 3.05) is 39.4 Å². The second kappa shape index (κ2) is 18.2. The van der Waals surface area contributed by atoms with Gasteiger partial charge < -0.3 is 29.5 Å². The Hall–Kier alpha value is -5.70. The molecule has 9 rings (SSSR count). The van der Waals surface area contributed by atoms with Gasteiger partial charge in [-0.25, -0.2) is 9.97 Å². The number of aromatic nitrogens is 4. The van der Waals surface area contributed by atoms with Crippen molar-refractivity contribution in [3.63, 3.8) is 0 Å². The number of nitrogens with zero attached hydrogens (tertiary/aromatic N) is 6. The third-order valence-electron chi connectivity index (χ3n) is 14.0. The van der Waals surface area contributed by atoms with Gasteiger partial charge in [0.1, 0.15) is 29.8 Å². The first-order chi connectivity index (χ1) is 30.7. The number of imidazole rings is 2. The summed E-state index contributed by atoms with van der Waals surface area (Å²) in [4.78, 5) is 47.7. The van der Waals surface area contributed by atoms with Crippen LogP contribution in [0.5, 0.6) is 0 Å². The third-order valence-corrected chi connectivity index (χ3v) is 14.0. The Labute approximate surface area is 368 Å². The van der Waals surface area contributed by atoms with Gasteiger partial charge in [0.2, 0.25) is 5.91 Å². The Bertz CT molecular complexity index is 2530. The van der Waals surface area contributed by atoms with E-state index in [1.54, 1.807) is 18.1 Å². The van der Waals surface area contributed by atoms with Crippen molar-refractivity contribution >= 4 is 22.8 Å². The highest BCUT2D eigenvalue weighted by Crippen LogP contribution is 2.40. The van der Waals surface area contributed by atoms with E-state index in [1.807, 2.05) is 29.3 Å². The number of rotatable bonds is 13. The Morgan fingerprint density at radius 2 is 1.35 bits per heavy atom. The molecule has 3 fully saturated rings. The number of benzene rings is 4. The van der Waals surface area contributed by atoms with E-state index in [1.165, 1.54) is 0 Å². The maximum absolute atomic E-state index is 14.3. The number of carboxylic acid groups (broad SMARTS) is 1. The zero-order valence-corrected chi connectivity index (χ0v) is 36.5. The number of fused-ring (bicyclic) bond motifs is 1. The van der Waals surface area contributed by atoms with Gasteiger partial charge in [0.05, 0.1) is 36.4 Å². The molecule has 0 saturated carbocycles. The van der Waals surface area contributed by atoms with Crippen molar-refractivity contribution in [1.29, 1.82) is 0 Å². The van der Waals surface area contributed by atoms with Crippen LogP contribution < -0.4 is 5.11 Å². The number of hydrogen-bond donors (Lipinski definition) is 3. The average molecular weight is 851 g/mol. The first-order valence-corrected chi connectivity index (χ1v) is 22.7. The summed E-state index contributed by atoms with van der Waals surface area (Å²) in [5.41, 5.74) is 6.96. The van der Waals surface area contributed by atoms with E-state index in [9.17, 15) is 19.9 Å². The molecule has 5 atom stereocenters. The topological polar surface area (TPSA) is 154 Å². The minimum absolute atomic E-state index is 0.00556. The van der Waals surface area contributed by atoms with Crippen molar-refractivity contribution in [2.24, 2.45) is 5.92 Å². The summed E-state index contributed by atoms with van der Waals surface area (Å²) in [6.45, 7) is 9.84. The van der Waals surface area contributed by atoms with Gasteiger partial charge in [-0.2, -0.15) is 5.21 Å². The number of hydroxylamine groups is 2. The molecule has 13 heteroatoms. The number of likely N-dealkylation sites (tertiary alicyclic amines) is 1. The second-order valence-electron chi connectivity index (χ2n) is 17.4. The van der Waals surface area contributed by atoms with Crippen LogP contribution in [0.15, 0.2) is 103 Å². The highest BCUT2D eigenvalue weighted by molar-refractivity contribution is 5.90. The Balaban J connectivity index is 0.884. The molecule has 4 aromatic carbocycles. The monoisotopic (exact) mass is 850 g/mol. The molecular formula is C50H58N8O5. The minimum atomic E-state index is -1.52. The van der Waals surface area contributed by atoms with Crippen LogP contribution in [0.4, 0.5) is 4.79 Å². The summed E-state index contributed by atoms with van der Waals surface area (Å²) in [6, 6.07) is 30.0. The SMILES string of the molecule is CCN(CC)C(C(=O)N1CCCC1c1ncc(-c2ccc(-c3ccc4cc(-c5cnc(C6CCCN6[N+](O)(C(=O)[O-])C(C)C6CCOCC6)[nH]5)ccc4c3)cc2)[nH]1)c1ccccc1. The molecule has 5 unspecified atom stereocenters. The Kier molecular flexibility index (Phi) is 12.3. The van der Waals surface area contributed by atoms with Crippen LogP contribution in [0.2, 0.25) is 0 Å². The second-order valence-corrected chi connectivity index (χ2v) is 17.4. The lowest BCUT2D eigenvalue weighted by atomic mass is 9.92. The summed E-state index contributed by atoms with van der Waals surface area (Å²) < 4.78 is 4.25. The zero-order chi connectivity index (χ0) is 43.7. The quantitative estimate of drug-likeness (QED) is 0.0590. The predicted molar refractivity (Wildman–Crippen MR) is 239 cm³/mol. The lowest BCUT2D eigenvalue weighted by Gasteiger charge is -2.45. The van der Waals surface area contributed by atoms with E-state index in [0.717, 1.165) is 88.2 Å². The van der Waals surface area contributed by atoms with Crippen LogP contribution in [0.25, 0.3) is 44.4 Å². The van der Waals surface area contributed by atoms with Gasteiger partial charge in [0.15, 0.2) is 0 Å². The van der Waals surface area contributed by atoms with Gasteiger partial charge >= 0.3 is 6.09 Å². The van der Waals surface area contributed by atoms with Gasteiger partial charge in [-0.05, 0) is 104 Å². The number of nitrogens with one attached hydrogen (secondary N) is 2. The number of carbonyl (C=O) groups is 2. The summed E-state index contributed by atoms with van der Waals surface area (Å²) in [7, 11) is 0. The van der Waals surface area contributed by atoms with Gasteiger partial charge in [0.25, 0.3) is 0 Å². The number of aromatic amines is 2. The number of likely N-dealkylation sites (N-methyl/N-ethyl adjacent to an activating group) is 1. The predicted octanol–water partition coefficient (Wildman–Crippen LogP) is 8.45. The normalized spacial score (nSPS) is 20.6. The first kappa shape index (κ1) is 42.6. The van der Waals surface area contributed by atoms with E-state index >= 15 is 0 Å². The maximum Gasteiger partial charge on any atom is 0.313 e. The average Bonchev–Trinajstić information content (AvgIpc) is 4.18. The largest absolute Gasteiger partial charge is 0.494 e. The fraction of sp³-hybridized carbons (Fsp3) is 0.400. The highest BCUT2D eigenvalue weighted by atomic mass is 16.7. The molecule has 2 amide bonds. The molecule has 3 aliphatic heterocycles. The van der Waals surface area contributed by atoms with Gasteiger partial charge in [0, 0.05) is 31.2 Å². The van der Waals surface area contributed by atoms with Crippen LogP contribution in [0, 0.1) is 5.92 Å². The van der Waals surface area contributed by atoms with Crippen molar-refractivity contribution < 1.29 is 29.4 Å². The van der Waals surface area contributed by atoms with Crippen LogP contribution in [0.1, 0.15) is 94.6 Å². The van der Waals surface area contributed by atoms with E-state index < -0.39 is 22.9 Å². The molecule has 3 saturated heterocycles. The third kappa shape index (κ3) is 8.20. The molecule has 0 radical (unpaired) electrons. The maximum atomic E-state index is 14.3. The van der Waals surface area contributed by atoms with Crippen LogP contribution in [0.3, 0.4) is 0 Å². The lowest BCUT2D eigenvalue weighted by molar-refractivity contribution is -1.16. The number of H-pyrrole nitrogens is 2. The molecule has 5 heterocycles. The van der Waals surface area contributed by atoms with E-state index in [4.69, 9.17) is 14.7 Å². The molecule has 13 nitrogen and oxygen atoms in total. The van der Waals surface area contributed by atoms with Gasteiger partial charge in [-0.3, -0.25) is 9.69 Å². The van der Waals surface area contributed by atoms with Crippen molar-refractivity contribution in [1.82, 2.24) is 34.7 Å². The summed E-state index contributed by atoms with van der Waals surface area (Å²) in [6.07, 6.45) is 6.75. The molecular weight excluding hydrogens is 793 g/mol. The van der Waals surface area contributed by atoms with Crippen molar-refractivity contribution in [3.05, 3.63) is 121 Å². The Morgan fingerprint density at radius 1 is 0.778 bits per heavy atom. The fourth-order valence-electron chi connectivity index (χ4n) is 10.3. The molecule has 6 aromatic rings. The molecule has 3 aliphatic rings. The number of hydrogen-bond acceptors (Lipinski definition) is 9. The van der Waals surface area contributed by atoms with Gasteiger partial charge in [-0.15, -0.1) is 5.01 Å².